The fourth-order valence-corrected chi connectivity index (χ4v) is 1.16. The molecule has 15 heavy (non-hydrogen) atoms. The van der Waals surface area contributed by atoms with Crippen molar-refractivity contribution in [3.63, 3.8) is 0 Å². The lowest BCUT2D eigenvalue weighted by Gasteiger charge is -2.16. The van der Waals surface area contributed by atoms with E-state index in [1.54, 1.807) is 6.92 Å². The van der Waals surface area contributed by atoms with Crippen molar-refractivity contribution in [3.05, 3.63) is 0 Å². The Morgan fingerprint density at radius 3 is 2.40 bits per heavy atom. The van der Waals surface area contributed by atoms with Crippen LogP contribution < -0.4 is 5.32 Å². The van der Waals surface area contributed by atoms with E-state index in [0.717, 1.165) is 0 Å². The predicted molar refractivity (Wildman–Crippen MR) is 53.9 cm³/mol. The molecule has 0 aromatic rings. The van der Waals surface area contributed by atoms with Crippen molar-refractivity contribution in [1.82, 2.24) is 5.32 Å². The largest absolute Gasteiger partial charge is 0.345 e. The van der Waals surface area contributed by atoms with Crippen LogP contribution in [0, 0.1) is 0 Å². The second-order valence-corrected chi connectivity index (χ2v) is 3.60. The Balaban J connectivity index is 3.96. The SMILES string of the molecule is CCC(=O)[C@H](CCNC(C)C)OC(F)F. The van der Waals surface area contributed by atoms with Gasteiger partial charge in [0.05, 0.1) is 0 Å². The van der Waals surface area contributed by atoms with E-state index in [9.17, 15) is 13.6 Å². The molecule has 90 valence electrons. The number of Topliss-reactive ketones (excluding diaryl/α,β-unsaturated/α-hetero) is 1. The van der Waals surface area contributed by atoms with Crippen molar-refractivity contribution in [2.24, 2.45) is 0 Å². The second-order valence-electron chi connectivity index (χ2n) is 3.60. The molecule has 0 amide bonds. The summed E-state index contributed by atoms with van der Waals surface area (Å²) in [5.41, 5.74) is 0. The number of carbonyl (C=O) groups excluding carboxylic acids is 1. The Morgan fingerprint density at radius 2 is 2.00 bits per heavy atom. The number of nitrogens with one attached hydrogen (secondary N) is 1. The van der Waals surface area contributed by atoms with Crippen molar-refractivity contribution in [1.29, 1.82) is 0 Å². The highest BCUT2D eigenvalue weighted by atomic mass is 19.3. The lowest BCUT2D eigenvalue weighted by atomic mass is 10.1. The Labute approximate surface area is 89.2 Å². The van der Waals surface area contributed by atoms with Crippen LogP contribution in [-0.2, 0) is 9.53 Å². The number of ether oxygens (including phenoxy) is 1. The van der Waals surface area contributed by atoms with Gasteiger partial charge in [-0.3, -0.25) is 4.79 Å². The third kappa shape index (κ3) is 7.39. The highest BCUT2D eigenvalue weighted by Crippen LogP contribution is 2.08. The fraction of sp³-hybridized carbons (Fsp3) is 0.900. The van der Waals surface area contributed by atoms with Gasteiger partial charge < -0.3 is 10.1 Å². The molecule has 5 heteroatoms. The van der Waals surface area contributed by atoms with Gasteiger partial charge in [-0.25, -0.2) is 0 Å². The average Bonchev–Trinajstić information content (AvgIpc) is 2.14. The predicted octanol–water partition coefficient (Wildman–Crippen LogP) is 1.96. The number of hydrogen-bond donors (Lipinski definition) is 1. The van der Waals surface area contributed by atoms with Gasteiger partial charge in [0.25, 0.3) is 0 Å². The Kier molecular flexibility index (Phi) is 7.42. The molecular weight excluding hydrogens is 204 g/mol. The van der Waals surface area contributed by atoms with Gasteiger partial charge in [0.1, 0.15) is 6.10 Å². The number of hydrogen-bond acceptors (Lipinski definition) is 3. The lowest BCUT2D eigenvalue weighted by molar-refractivity contribution is -0.174. The second kappa shape index (κ2) is 7.70. The molecule has 0 spiro atoms. The Morgan fingerprint density at radius 1 is 1.40 bits per heavy atom. The summed E-state index contributed by atoms with van der Waals surface area (Å²) >= 11 is 0. The number of alkyl halides is 2. The maximum atomic E-state index is 12.0. The summed E-state index contributed by atoms with van der Waals surface area (Å²) in [7, 11) is 0. The zero-order valence-corrected chi connectivity index (χ0v) is 9.43. The van der Waals surface area contributed by atoms with Gasteiger partial charge in [-0.1, -0.05) is 20.8 Å². The number of rotatable bonds is 8. The van der Waals surface area contributed by atoms with Crippen LogP contribution >= 0.6 is 0 Å². The zero-order chi connectivity index (χ0) is 11.8. The summed E-state index contributed by atoms with van der Waals surface area (Å²) < 4.78 is 28.2. The topological polar surface area (TPSA) is 38.3 Å². The van der Waals surface area contributed by atoms with Gasteiger partial charge in [0.15, 0.2) is 5.78 Å². The third-order valence-electron chi connectivity index (χ3n) is 1.93. The molecule has 0 aliphatic heterocycles. The summed E-state index contributed by atoms with van der Waals surface area (Å²) in [6.07, 6.45) is -0.477. The van der Waals surface area contributed by atoms with Gasteiger partial charge in [-0.15, -0.1) is 0 Å². The summed E-state index contributed by atoms with van der Waals surface area (Å²) in [4.78, 5) is 11.2. The van der Waals surface area contributed by atoms with E-state index in [-0.39, 0.29) is 24.7 Å². The van der Waals surface area contributed by atoms with Gasteiger partial charge in [-0.05, 0) is 13.0 Å². The number of carbonyl (C=O) groups is 1. The van der Waals surface area contributed by atoms with Crippen LogP contribution in [0.15, 0.2) is 0 Å². The van der Waals surface area contributed by atoms with Crippen LogP contribution in [0.1, 0.15) is 33.6 Å². The average molecular weight is 223 g/mol. The summed E-state index contributed by atoms with van der Waals surface area (Å²) in [6, 6.07) is 0.272. The van der Waals surface area contributed by atoms with E-state index < -0.39 is 12.7 Å². The van der Waals surface area contributed by atoms with Gasteiger partial charge in [0.2, 0.25) is 0 Å². The molecule has 0 heterocycles. The number of halogens is 2. The molecule has 0 rings (SSSR count). The first-order valence-corrected chi connectivity index (χ1v) is 5.17. The molecule has 0 aromatic heterocycles. The van der Waals surface area contributed by atoms with E-state index >= 15 is 0 Å². The Hall–Kier alpha value is -0.550. The van der Waals surface area contributed by atoms with Crippen LogP contribution in [0.2, 0.25) is 0 Å². The van der Waals surface area contributed by atoms with Crippen LogP contribution in [0.4, 0.5) is 8.78 Å². The van der Waals surface area contributed by atoms with Crippen LogP contribution in [0.5, 0.6) is 0 Å². The highest BCUT2D eigenvalue weighted by molar-refractivity contribution is 5.82. The van der Waals surface area contributed by atoms with Crippen molar-refractivity contribution >= 4 is 5.78 Å². The maximum absolute atomic E-state index is 12.0. The van der Waals surface area contributed by atoms with E-state index in [0.29, 0.717) is 6.54 Å². The van der Waals surface area contributed by atoms with E-state index in [2.05, 4.69) is 10.1 Å². The molecule has 1 atom stereocenters. The van der Waals surface area contributed by atoms with E-state index in [1.165, 1.54) is 0 Å². The van der Waals surface area contributed by atoms with Gasteiger partial charge in [-0.2, -0.15) is 8.78 Å². The molecule has 0 fully saturated rings. The van der Waals surface area contributed by atoms with Crippen LogP contribution in [0.3, 0.4) is 0 Å². The normalized spacial score (nSPS) is 13.5. The fourth-order valence-electron chi connectivity index (χ4n) is 1.16. The van der Waals surface area contributed by atoms with E-state index in [1.807, 2.05) is 13.8 Å². The summed E-state index contributed by atoms with van der Waals surface area (Å²) in [6.45, 7) is 3.15. The smallest absolute Gasteiger partial charge is 0.314 e. The molecule has 0 saturated carbocycles. The maximum Gasteiger partial charge on any atom is 0.345 e. The molecular formula is C10H19F2NO2. The van der Waals surface area contributed by atoms with Crippen LogP contribution in [0.25, 0.3) is 0 Å². The minimum Gasteiger partial charge on any atom is -0.314 e. The van der Waals surface area contributed by atoms with E-state index in [4.69, 9.17) is 0 Å². The van der Waals surface area contributed by atoms with Crippen molar-refractivity contribution in [3.8, 4) is 0 Å². The molecule has 0 aliphatic rings. The van der Waals surface area contributed by atoms with Gasteiger partial charge in [0, 0.05) is 12.5 Å². The minimum atomic E-state index is -2.88. The third-order valence-corrected chi connectivity index (χ3v) is 1.93. The molecule has 0 bridgehead atoms. The lowest BCUT2D eigenvalue weighted by Crippen LogP contribution is -2.32. The summed E-state index contributed by atoms with van der Waals surface area (Å²) in [5, 5.41) is 3.05. The monoisotopic (exact) mass is 223 g/mol. The highest BCUT2D eigenvalue weighted by Gasteiger charge is 2.21. The Bertz CT molecular complexity index is 186. The molecule has 3 nitrogen and oxygen atoms in total. The first-order chi connectivity index (χ1) is 6.97. The molecule has 0 unspecified atom stereocenters. The first-order valence-electron chi connectivity index (χ1n) is 5.17. The van der Waals surface area contributed by atoms with Crippen molar-refractivity contribution in [2.75, 3.05) is 6.54 Å². The molecule has 0 aliphatic carbocycles. The number of ketones is 1. The molecule has 0 saturated heterocycles. The quantitative estimate of drug-likeness (QED) is 0.683. The summed E-state index contributed by atoms with van der Waals surface area (Å²) in [5.74, 6) is -0.277. The molecule has 1 N–H and O–H groups in total. The van der Waals surface area contributed by atoms with Crippen molar-refractivity contribution in [2.45, 2.75) is 52.4 Å². The van der Waals surface area contributed by atoms with Gasteiger partial charge >= 0.3 is 6.61 Å². The van der Waals surface area contributed by atoms with Crippen LogP contribution in [-0.4, -0.2) is 31.1 Å². The molecule has 0 aromatic carbocycles. The van der Waals surface area contributed by atoms with Crippen molar-refractivity contribution < 1.29 is 18.3 Å². The minimum absolute atomic E-state index is 0.221. The zero-order valence-electron chi connectivity index (χ0n) is 9.43. The first kappa shape index (κ1) is 14.5. The molecule has 0 radical (unpaired) electrons. The standard InChI is InChI=1S/C10H19F2NO2/c1-4-8(14)9(15-10(11)12)5-6-13-7(2)3/h7,9-10,13H,4-6H2,1-3H3/t9-/m0/s1.